The van der Waals surface area contributed by atoms with E-state index in [0.717, 1.165) is 0 Å². The molecule has 0 saturated heterocycles. The Hall–Kier alpha value is -2.90. The van der Waals surface area contributed by atoms with Crippen LogP contribution in [0.2, 0.25) is 0 Å². The third-order valence-corrected chi connectivity index (χ3v) is 2.52. The van der Waals surface area contributed by atoms with Crippen LogP contribution in [0.5, 0.6) is 0 Å². The smallest absolute Gasteiger partial charge is 0.408 e. The van der Waals surface area contributed by atoms with Crippen LogP contribution in [0, 0.1) is 0 Å². The van der Waals surface area contributed by atoms with E-state index in [2.05, 4.69) is 25.5 Å². The zero-order valence-electron chi connectivity index (χ0n) is 11.3. The second kappa shape index (κ2) is 7.04. The van der Waals surface area contributed by atoms with E-state index in [1.54, 1.807) is 31.5 Å². The number of aldehydes is 1. The van der Waals surface area contributed by atoms with Gasteiger partial charge in [0.1, 0.15) is 23.8 Å². The molecule has 8 nitrogen and oxygen atoms in total. The highest BCUT2D eigenvalue weighted by Crippen LogP contribution is 2.05. The Morgan fingerprint density at radius 3 is 2.71 bits per heavy atom. The van der Waals surface area contributed by atoms with Gasteiger partial charge in [-0.1, -0.05) is 0 Å². The van der Waals surface area contributed by atoms with Crippen LogP contribution in [-0.4, -0.2) is 32.5 Å². The molecule has 2 heterocycles. The van der Waals surface area contributed by atoms with Crippen LogP contribution in [0.1, 0.15) is 35.0 Å². The molecule has 1 unspecified atom stereocenters. The minimum atomic E-state index is -0.615. The lowest BCUT2D eigenvalue weighted by atomic mass is 10.3. The number of amides is 1. The summed E-state index contributed by atoms with van der Waals surface area (Å²) in [4.78, 5) is 30.1. The maximum atomic E-state index is 11.6. The number of rotatable bonds is 5. The first-order valence-corrected chi connectivity index (χ1v) is 6.17. The molecule has 1 N–H and O–H groups in total. The molecule has 8 heteroatoms. The Bertz CT molecular complexity index is 603. The van der Waals surface area contributed by atoms with E-state index in [-0.39, 0.29) is 18.3 Å². The van der Waals surface area contributed by atoms with Crippen LogP contribution in [0.4, 0.5) is 4.79 Å². The molecule has 2 rings (SSSR count). The van der Waals surface area contributed by atoms with Crippen molar-refractivity contribution in [3.63, 3.8) is 0 Å². The predicted molar refractivity (Wildman–Crippen MR) is 71.2 cm³/mol. The standard InChI is InChI=1S/C13H13N5O3/c1-9(12-14-5-2-6-15-12)16-13(20)21-8-11-4-3-10(7-19)17-18-11/h2-7,9H,8H2,1H3,(H,16,20). The number of hydrogen-bond acceptors (Lipinski definition) is 7. The van der Waals surface area contributed by atoms with Gasteiger partial charge in [0, 0.05) is 12.4 Å². The maximum absolute atomic E-state index is 11.6. The highest BCUT2D eigenvalue weighted by atomic mass is 16.5. The van der Waals surface area contributed by atoms with Crippen LogP contribution in [0.3, 0.4) is 0 Å². The van der Waals surface area contributed by atoms with Crippen molar-refractivity contribution in [2.75, 3.05) is 0 Å². The van der Waals surface area contributed by atoms with Gasteiger partial charge >= 0.3 is 6.09 Å². The molecule has 0 radical (unpaired) electrons. The van der Waals surface area contributed by atoms with Crippen molar-refractivity contribution in [1.29, 1.82) is 0 Å². The predicted octanol–water partition coefficient (Wildman–Crippen LogP) is 1.07. The quantitative estimate of drug-likeness (QED) is 0.819. The van der Waals surface area contributed by atoms with Gasteiger partial charge in [0.2, 0.25) is 0 Å². The Labute approximate surface area is 120 Å². The molecule has 21 heavy (non-hydrogen) atoms. The zero-order chi connectivity index (χ0) is 15.1. The molecule has 0 spiro atoms. The van der Waals surface area contributed by atoms with Crippen molar-refractivity contribution >= 4 is 12.4 Å². The molecule has 2 aromatic heterocycles. The molecule has 0 aliphatic carbocycles. The number of nitrogens with one attached hydrogen (secondary N) is 1. The zero-order valence-corrected chi connectivity index (χ0v) is 11.3. The summed E-state index contributed by atoms with van der Waals surface area (Å²) in [6.45, 7) is 1.70. The molecule has 0 aliphatic rings. The van der Waals surface area contributed by atoms with E-state index < -0.39 is 6.09 Å². The lowest BCUT2D eigenvalue weighted by molar-refractivity contribution is 0.111. The second-order valence-electron chi connectivity index (χ2n) is 4.12. The SMILES string of the molecule is CC(NC(=O)OCc1ccc(C=O)nn1)c1ncccn1. The van der Waals surface area contributed by atoms with Crippen molar-refractivity contribution in [3.8, 4) is 0 Å². The van der Waals surface area contributed by atoms with E-state index in [1.807, 2.05) is 0 Å². The molecule has 0 aliphatic heterocycles. The lowest BCUT2D eigenvalue weighted by Crippen LogP contribution is -2.28. The van der Waals surface area contributed by atoms with Gasteiger partial charge in [-0.25, -0.2) is 14.8 Å². The molecular weight excluding hydrogens is 274 g/mol. The number of aromatic nitrogens is 4. The minimum Gasteiger partial charge on any atom is -0.443 e. The average molecular weight is 287 g/mol. The summed E-state index contributed by atoms with van der Waals surface area (Å²) in [5.41, 5.74) is 0.664. The molecule has 1 atom stereocenters. The summed E-state index contributed by atoms with van der Waals surface area (Å²) in [6.07, 6.45) is 3.16. The Morgan fingerprint density at radius 1 is 1.33 bits per heavy atom. The van der Waals surface area contributed by atoms with Gasteiger partial charge in [-0.15, -0.1) is 5.10 Å². The first-order chi connectivity index (χ1) is 10.2. The van der Waals surface area contributed by atoms with Gasteiger partial charge in [0.05, 0.1) is 6.04 Å². The van der Waals surface area contributed by atoms with Crippen LogP contribution >= 0.6 is 0 Å². The van der Waals surface area contributed by atoms with Crippen molar-refractivity contribution in [2.24, 2.45) is 0 Å². The third-order valence-electron chi connectivity index (χ3n) is 2.52. The summed E-state index contributed by atoms with van der Waals surface area (Å²) in [7, 11) is 0. The number of nitrogens with zero attached hydrogens (tertiary/aromatic N) is 4. The number of carbonyl (C=O) groups excluding carboxylic acids is 2. The molecule has 108 valence electrons. The highest BCUT2D eigenvalue weighted by Gasteiger charge is 2.12. The largest absolute Gasteiger partial charge is 0.443 e. The minimum absolute atomic E-state index is 0.0413. The second-order valence-corrected chi connectivity index (χ2v) is 4.12. The fraction of sp³-hybridized carbons (Fsp3) is 0.231. The Kier molecular flexibility index (Phi) is 4.86. The van der Waals surface area contributed by atoms with Gasteiger partial charge < -0.3 is 10.1 Å². The Balaban J connectivity index is 1.83. The van der Waals surface area contributed by atoms with E-state index in [9.17, 15) is 9.59 Å². The van der Waals surface area contributed by atoms with Crippen LogP contribution in [-0.2, 0) is 11.3 Å². The van der Waals surface area contributed by atoms with Crippen LogP contribution in [0.15, 0.2) is 30.6 Å². The van der Waals surface area contributed by atoms with Crippen LogP contribution in [0.25, 0.3) is 0 Å². The molecule has 0 fully saturated rings. The molecule has 0 saturated carbocycles. The molecular formula is C13H13N5O3. The molecule has 2 aromatic rings. The van der Waals surface area contributed by atoms with E-state index >= 15 is 0 Å². The molecule has 1 amide bonds. The third kappa shape index (κ3) is 4.30. The van der Waals surface area contributed by atoms with E-state index in [1.165, 1.54) is 6.07 Å². The monoisotopic (exact) mass is 287 g/mol. The fourth-order valence-corrected chi connectivity index (χ4v) is 1.47. The number of hydrogen-bond donors (Lipinski definition) is 1. The first kappa shape index (κ1) is 14.5. The van der Waals surface area contributed by atoms with Gasteiger partial charge in [0.25, 0.3) is 0 Å². The first-order valence-electron chi connectivity index (χ1n) is 6.17. The van der Waals surface area contributed by atoms with Crippen molar-refractivity contribution in [3.05, 3.63) is 47.8 Å². The van der Waals surface area contributed by atoms with Crippen molar-refractivity contribution in [1.82, 2.24) is 25.5 Å². The summed E-state index contributed by atoms with van der Waals surface area (Å²) in [5, 5.41) is 9.98. The maximum Gasteiger partial charge on any atom is 0.408 e. The lowest BCUT2D eigenvalue weighted by Gasteiger charge is -2.12. The fourth-order valence-electron chi connectivity index (χ4n) is 1.47. The van der Waals surface area contributed by atoms with Gasteiger partial charge in [-0.05, 0) is 25.1 Å². The summed E-state index contributed by atoms with van der Waals surface area (Å²) < 4.78 is 5.00. The highest BCUT2D eigenvalue weighted by molar-refractivity contribution is 5.71. The molecule has 0 bridgehead atoms. The summed E-state index contributed by atoms with van der Waals surface area (Å²) in [6, 6.07) is 4.38. The van der Waals surface area contributed by atoms with Crippen molar-refractivity contribution < 1.29 is 14.3 Å². The number of ether oxygens (including phenoxy) is 1. The van der Waals surface area contributed by atoms with E-state index in [4.69, 9.17) is 4.74 Å². The topological polar surface area (TPSA) is 107 Å². The summed E-state index contributed by atoms with van der Waals surface area (Å²) in [5.74, 6) is 0.490. The average Bonchev–Trinajstić information content (AvgIpc) is 2.54. The Morgan fingerprint density at radius 2 is 2.10 bits per heavy atom. The number of carbonyl (C=O) groups is 2. The van der Waals surface area contributed by atoms with Gasteiger partial charge in [-0.2, -0.15) is 5.10 Å². The van der Waals surface area contributed by atoms with E-state index in [0.29, 0.717) is 17.8 Å². The number of alkyl carbamates (subject to hydrolysis) is 1. The normalized spacial score (nSPS) is 11.5. The van der Waals surface area contributed by atoms with Gasteiger partial charge in [0.15, 0.2) is 6.29 Å². The van der Waals surface area contributed by atoms with Crippen molar-refractivity contribution in [2.45, 2.75) is 19.6 Å². The molecule has 0 aromatic carbocycles. The summed E-state index contributed by atoms with van der Waals surface area (Å²) >= 11 is 0. The van der Waals surface area contributed by atoms with Crippen LogP contribution < -0.4 is 5.32 Å². The van der Waals surface area contributed by atoms with Gasteiger partial charge in [-0.3, -0.25) is 4.79 Å².